The number of nitrogens with one attached hydrogen (secondary N) is 1. The molecule has 0 amide bonds. The number of nitrogens with two attached hydrogens (primary N) is 1. The molecule has 3 rings (SSSR count). The van der Waals surface area contributed by atoms with Crippen LogP contribution in [0.4, 0.5) is 5.82 Å². The van der Waals surface area contributed by atoms with Crippen LogP contribution >= 0.6 is 0 Å². The monoisotopic (exact) mass is 284 g/mol. The second kappa shape index (κ2) is 5.69. The topological polar surface area (TPSA) is 73.1 Å². The van der Waals surface area contributed by atoms with Crippen molar-refractivity contribution in [3.8, 4) is 5.88 Å². The van der Waals surface area contributed by atoms with Gasteiger partial charge in [-0.1, -0.05) is 24.3 Å². The standard InChI is InChI=1S/C16H20N4O/c1-3-21-15-9-14(18-10(2)19-15)20-16-12-7-5-4-6-11(12)8-13(16)17/h4-7,9,13,16H,3,8,17H2,1-2H3,(H,18,19,20). The molecule has 0 saturated heterocycles. The predicted octanol–water partition coefficient (Wildman–Crippen LogP) is 2.22. The van der Waals surface area contributed by atoms with E-state index < -0.39 is 0 Å². The van der Waals surface area contributed by atoms with Gasteiger partial charge >= 0.3 is 0 Å². The minimum Gasteiger partial charge on any atom is -0.478 e. The Morgan fingerprint density at radius 1 is 1.33 bits per heavy atom. The normalized spacial score (nSPS) is 20.1. The molecule has 1 heterocycles. The summed E-state index contributed by atoms with van der Waals surface area (Å²) in [6.07, 6.45) is 0.885. The van der Waals surface area contributed by atoms with Crippen LogP contribution in [0.15, 0.2) is 30.3 Å². The number of benzene rings is 1. The summed E-state index contributed by atoms with van der Waals surface area (Å²) < 4.78 is 5.47. The third-order valence-electron chi connectivity index (χ3n) is 3.68. The Balaban J connectivity index is 1.87. The maximum atomic E-state index is 6.27. The minimum absolute atomic E-state index is 0.0493. The van der Waals surface area contributed by atoms with Crippen molar-refractivity contribution in [3.63, 3.8) is 0 Å². The molecular formula is C16H20N4O. The highest BCUT2D eigenvalue weighted by atomic mass is 16.5. The van der Waals surface area contributed by atoms with Gasteiger partial charge in [0, 0.05) is 12.1 Å². The van der Waals surface area contributed by atoms with Crippen LogP contribution in [0.25, 0.3) is 0 Å². The van der Waals surface area contributed by atoms with Crippen molar-refractivity contribution < 1.29 is 4.74 Å². The molecule has 5 heteroatoms. The molecule has 1 aliphatic carbocycles. The molecule has 0 bridgehead atoms. The van der Waals surface area contributed by atoms with E-state index in [1.807, 2.05) is 26.0 Å². The van der Waals surface area contributed by atoms with Crippen molar-refractivity contribution in [1.82, 2.24) is 9.97 Å². The van der Waals surface area contributed by atoms with E-state index in [1.165, 1.54) is 11.1 Å². The lowest BCUT2D eigenvalue weighted by Gasteiger charge is -2.19. The van der Waals surface area contributed by atoms with E-state index in [4.69, 9.17) is 10.5 Å². The van der Waals surface area contributed by atoms with Crippen LogP contribution in [0.3, 0.4) is 0 Å². The first-order chi connectivity index (χ1) is 10.2. The van der Waals surface area contributed by atoms with Gasteiger partial charge in [-0.25, -0.2) is 4.98 Å². The van der Waals surface area contributed by atoms with Crippen molar-refractivity contribution in [2.24, 2.45) is 5.73 Å². The summed E-state index contributed by atoms with van der Waals surface area (Å²) in [4.78, 5) is 8.69. The minimum atomic E-state index is 0.0493. The van der Waals surface area contributed by atoms with E-state index in [2.05, 4.69) is 33.5 Å². The number of aromatic nitrogens is 2. The van der Waals surface area contributed by atoms with Crippen LogP contribution in [0.2, 0.25) is 0 Å². The third-order valence-corrected chi connectivity index (χ3v) is 3.68. The van der Waals surface area contributed by atoms with Gasteiger partial charge in [-0.15, -0.1) is 0 Å². The van der Waals surface area contributed by atoms with Crippen LogP contribution in [-0.2, 0) is 6.42 Å². The number of anilines is 1. The first-order valence-corrected chi connectivity index (χ1v) is 7.25. The van der Waals surface area contributed by atoms with E-state index in [-0.39, 0.29) is 12.1 Å². The number of hydrogen-bond acceptors (Lipinski definition) is 5. The molecule has 0 saturated carbocycles. The molecule has 1 aromatic carbocycles. The van der Waals surface area contributed by atoms with Crippen LogP contribution in [0.5, 0.6) is 5.88 Å². The van der Waals surface area contributed by atoms with Crippen LogP contribution in [0, 0.1) is 6.92 Å². The Labute approximate surface area is 124 Å². The Kier molecular flexibility index (Phi) is 3.75. The maximum Gasteiger partial charge on any atom is 0.218 e. The molecule has 1 aliphatic rings. The van der Waals surface area contributed by atoms with Crippen LogP contribution in [0.1, 0.15) is 29.9 Å². The second-order valence-electron chi connectivity index (χ2n) is 5.26. The molecule has 0 radical (unpaired) electrons. The molecule has 110 valence electrons. The SMILES string of the molecule is CCOc1cc(NC2c3ccccc3CC2N)nc(C)n1. The maximum absolute atomic E-state index is 6.27. The third kappa shape index (κ3) is 2.83. The molecule has 3 N–H and O–H groups in total. The Morgan fingerprint density at radius 2 is 2.14 bits per heavy atom. The Hall–Kier alpha value is -2.14. The fourth-order valence-electron chi connectivity index (χ4n) is 2.81. The van der Waals surface area contributed by atoms with Gasteiger partial charge in [0.25, 0.3) is 0 Å². The number of ether oxygens (including phenoxy) is 1. The average Bonchev–Trinajstić information content (AvgIpc) is 2.75. The zero-order valence-corrected chi connectivity index (χ0v) is 12.3. The van der Waals surface area contributed by atoms with E-state index in [9.17, 15) is 0 Å². The molecule has 0 spiro atoms. The van der Waals surface area contributed by atoms with E-state index in [1.54, 1.807) is 0 Å². The number of nitrogens with zero attached hydrogens (tertiary/aromatic N) is 2. The van der Waals surface area contributed by atoms with Gasteiger partial charge in [-0.3, -0.25) is 0 Å². The van der Waals surface area contributed by atoms with Gasteiger partial charge in [0.05, 0.1) is 12.6 Å². The molecule has 0 aliphatic heterocycles. The number of rotatable bonds is 4. The summed E-state index contributed by atoms with van der Waals surface area (Å²) in [5.74, 6) is 2.03. The first kappa shape index (κ1) is 13.8. The van der Waals surface area contributed by atoms with E-state index >= 15 is 0 Å². The lowest BCUT2D eigenvalue weighted by molar-refractivity contribution is 0.325. The fourth-order valence-corrected chi connectivity index (χ4v) is 2.81. The lowest BCUT2D eigenvalue weighted by Crippen LogP contribution is -2.30. The van der Waals surface area contributed by atoms with Crippen molar-refractivity contribution in [1.29, 1.82) is 0 Å². The van der Waals surface area contributed by atoms with Gasteiger partial charge in [0.15, 0.2) is 0 Å². The molecular weight excluding hydrogens is 264 g/mol. The lowest BCUT2D eigenvalue weighted by atomic mass is 10.1. The zero-order chi connectivity index (χ0) is 14.8. The van der Waals surface area contributed by atoms with Gasteiger partial charge in [-0.05, 0) is 31.4 Å². The quantitative estimate of drug-likeness (QED) is 0.900. The van der Waals surface area contributed by atoms with Gasteiger partial charge in [-0.2, -0.15) is 4.98 Å². The predicted molar refractivity (Wildman–Crippen MR) is 82.4 cm³/mol. The highest BCUT2D eigenvalue weighted by Gasteiger charge is 2.29. The molecule has 1 aromatic heterocycles. The highest BCUT2D eigenvalue weighted by Crippen LogP contribution is 2.33. The summed E-state index contributed by atoms with van der Waals surface area (Å²) >= 11 is 0. The highest BCUT2D eigenvalue weighted by molar-refractivity contribution is 5.47. The first-order valence-electron chi connectivity index (χ1n) is 7.25. The second-order valence-corrected chi connectivity index (χ2v) is 5.26. The van der Waals surface area contributed by atoms with Gasteiger partial charge in [0.1, 0.15) is 11.6 Å². The zero-order valence-electron chi connectivity index (χ0n) is 12.3. The van der Waals surface area contributed by atoms with Gasteiger partial charge in [0.2, 0.25) is 5.88 Å². The Bertz CT molecular complexity index is 644. The van der Waals surface area contributed by atoms with Crippen molar-refractivity contribution in [2.75, 3.05) is 11.9 Å². The molecule has 5 nitrogen and oxygen atoms in total. The molecule has 21 heavy (non-hydrogen) atoms. The van der Waals surface area contributed by atoms with Gasteiger partial charge < -0.3 is 15.8 Å². The van der Waals surface area contributed by atoms with E-state index in [0.717, 1.165) is 12.2 Å². The number of aryl methyl sites for hydroxylation is 1. The number of fused-ring (bicyclic) bond motifs is 1. The largest absolute Gasteiger partial charge is 0.478 e. The average molecular weight is 284 g/mol. The number of hydrogen-bond donors (Lipinski definition) is 2. The summed E-state index contributed by atoms with van der Waals surface area (Å²) in [5, 5.41) is 3.43. The van der Waals surface area contributed by atoms with Crippen LogP contribution < -0.4 is 15.8 Å². The van der Waals surface area contributed by atoms with Crippen molar-refractivity contribution >= 4 is 5.82 Å². The Morgan fingerprint density at radius 3 is 2.95 bits per heavy atom. The summed E-state index contributed by atoms with van der Waals surface area (Å²) in [6.45, 7) is 4.38. The summed E-state index contributed by atoms with van der Waals surface area (Å²) in [6, 6.07) is 10.3. The van der Waals surface area contributed by atoms with E-state index in [0.29, 0.717) is 18.3 Å². The smallest absolute Gasteiger partial charge is 0.218 e. The van der Waals surface area contributed by atoms with Crippen LogP contribution in [-0.4, -0.2) is 22.6 Å². The molecule has 2 atom stereocenters. The fraction of sp³-hybridized carbons (Fsp3) is 0.375. The molecule has 2 aromatic rings. The van der Waals surface area contributed by atoms with Crippen molar-refractivity contribution in [3.05, 3.63) is 47.3 Å². The van der Waals surface area contributed by atoms with Crippen molar-refractivity contribution in [2.45, 2.75) is 32.4 Å². The summed E-state index contributed by atoms with van der Waals surface area (Å²) in [7, 11) is 0. The molecule has 0 fully saturated rings. The molecule has 2 unspecified atom stereocenters. The summed E-state index contributed by atoms with van der Waals surface area (Å²) in [5.41, 5.74) is 8.83.